The number of benzene rings is 2. The maximum atomic E-state index is 12.9. The van der Waals surface area contributed by atoms with Crippen molar-refractivity contribution in [3.63, 3.8) is 0 Å². The number of pyridine rings is 1. The maximum absolute atomic E-state index is 12.9. The number of primary amides is 1. The van der Waals surface area contributed by atoms with Gasteiger partial charge in [-0.1, -0.05) is 0 Å². The second-order valence-corrected chi connectivity index (χ2v) is 5.66. The van der Waals surface area contributed by atoms with Crippen molar-refractivity contribution in [1.29, 1.82) is 0 Å². The summed E-state index contributed by atoms with van der Waals surface area (Å²) in [5.74, 6) is 0.161. The zero-order chi connectivity index (χ0) is 18.5. The van der Waals surface area contributed by atoms with Gasteiger partial charge in [0.05, 0.1) is 5.69 Å². The van der Waals surface area contributed by atoms with Gasteiger partial charge < -0.3 is 15.6 Å². The largest absolute Gasteiger partial charge is 0.457 e. The first-order valence-corrected chi connectivity index (χ1v) is 8.00. The van der Waals surface area contributed by atoms with Crippen LogP contribution in [0.2, 0.25) is 0 Å². The molecule has 2 aromatic carbocycles. The molecule has 0 unspecified atom stereocenters. The van der Waals surface area contributed by atoms with Crippen LogP contribution >= 0.6 is 0 Å². The van der Waals surface area contributed by atoms with Gasteiger partial charge in [-0.05, 0) is 72.6 Å². The minimum atomic E-state index is -0.623. The molecule has 26 heavy (non-hydrogen) atoms. The molecule has 0 aliphatic heterocycles. The molecule has 6 heteroatoms. The van der Waals surface area contributed by atoms with Crippen LogP contribution in [0.5, 0.6) is 11.5 Å². The van der Waals surface area contributed by atoms with Crippen LogP contribution in [0, 0.1) is 5.82 Å². The number of nitrogens with zero attached hydrogens (tertiary/aromatic N) is 1. The summed E-state index contributed by atoms with van der Waals surface area (Å²) in [6.45, 7) is -0.0356. The molecule has 0 saturated heterocycles. The molecule has 0 fully saturated rings. The van der Waals surface area contributed by atoms with Crippen molar-refractivity contribution in [3.8, 4) is 22.8 Å². The summed E-state index contributed by atoms with van der Waals surface area (Å²) < 4.78 is 18.6. The normalized spacial score (nSPS) is 10.5. The first-order chi connectivity index (χ1) is 12.5. The van der Waals surface area contributed by atoms with Gasteiger partial charge in [0.2, 0.25) is 0 Å². The SMILES string of the molecule is NC(=O)c1cc(CCO)cc(-c2ccc(Oc3ccc(F)cc3)cc2)n1. The number of hydrogen-bond donors (Lipinski definition) is 2. The summed E-state index contributed by atoms with van der Waals surface area (Å²) in [6, 6.07) is 16.2. The van der Waals surface area contributed by atoms with Crippen molar-refractivity contribution in [2.75, 3.05) is 6.61 Å². The Morgan fingerprint density at radius 2 is 1.65 bits per heavy atom. The molecule has 0 aliphatic rings. The van der Waals surface area contributed by atoms with Gasteiger partial charge in [0, 0.05) is 12.2 Å². The van der Waals surface area contributed by atoms with Gasteiger partial charge in [0.15, 0.2) is 0 Å². The summed E-state index contributed by atoms with van der Waals surface area (Å²) >= 11 is 0. The van der Waals surface area contributed by atoms with Crippen molar-refractivity contribution >= 4 is 5.91 Å². The summed E-state index contributed by atoms with van der Waals surface area (Å²) in [5, 5.41) is 9.13. The highest BCUT2D eigenvalue weighted by atomic mass is 19.1. The van der Waals surface area contributed by atoms with Crippen molar-refractivity contribution in [2.24, 2.45) is 5.73 Å². The molecule has 0 spiro atoms. The molecule has 0 radical (unpaired) electrons. The predicted octanol–water partition coefficient (Wildman–Crippen LogP) is 3.31. The number of rotatable bonds is 6. The van der Waals surface area contributed by atoms with Gasteiger partial charge in [-0.15, -0.1) is 0 Å². The van der Waals surface area contributed by atoms with E-state index in [0.717, 1.165) is 11.1 Å². The number of nitrogens with two attached hydrogens (primary N) is 1. The van der Waals surface area contributed by atoms with Crippen molar-refractivity contribution in [3.05, 3.63) is 77.7 Å². The number of carbonyl (C=O) groups excluding carboxylic acids is 1. The molecule has 0 atom stereocenters. The quantitative estimate of drug-likeness (QED) is 0.713. The van der Waals surface area contributed by atoms with Crippen molar-refractivity contribution in [1.82, 2.24) is 4.98 Å². The topological polar surface area (TPSA) is 85.4 Å². The third-order valence-electron chi connectivity index (χ3n) is 3.74. The lowest BCUT2D eigenvalue weighted by atomic mass is 10.1. The molecule has 0 aliphatic carbocycles. The fourth-order valence-corrected chi connectivity index (χ4v) is 2.47. The Balaban J connectivity index is 1.85. The molecule has 3 aromatic rings. The molecule has 1 aromatic heterocycles. The first-order valence-electron chi connectivity index (χ1n) is 8.00. The number of aromatic nitrogens is 1. The van der Waals surface area contributed by atoms with Crippen molar-refractivity contribution in [2.45, 2.75) is 6.42 Å². The minimum absolute atomic E-state index is 0.0356. The second-order valence-electron chi connectivity index (χ2n) is 5.66. The second kappa shape index (κ2) is 7.76. The molecule has 0 bridgehead atoms. The first kappa shape index (κ1) is 17.6. The van der Waals surface area contributed by atoms with E-state index in [1.165, 1.54) is 12.1 Å². The van der Waals surface area contributed by atoms with Crippen LogP contribution in [-0.2, 0) is 6.42 Å². The van der Waals surface area contributed by atoms with Gasteiger partial charge >= 0.3 is 0 Å². The molecular formula is C20H17FN2O3. The van der Waals surface area contributed by atoms with Crippen LogP contribution < -0.4 is 10.5 Å². The van der Waals surface area contributed by atoms with Gasteiger partial charge in [-0.25, -0.2) is 9.37 Å². The van der Waals surface area contributed by atoms with Crippen LogP contribution in [0.4, 0.5) is 4.39 Å². The van der Waals surface area contributed by atoms with E-state index in [4.69, 9.17) is 15.6 Å². The Morgan fingerprint density at radius 1 is 1.04 bits per heavy atom. The number of carbonyl (C=O) groups is 1. The number of hydrogen-bond acceptors (Lipinski definition) is 4. The zero-order valence-electron chi connectivity index (χ0n) is 13.9. The van der Waals surface area contributed by atoms with E-state index in [2.05, 4.69) is 4.98 Å². The average Bonchev–Trinajstić information content (AvgIpc) is 2.64. The molecule has 1 heterocycles. The molecule has 3 N–H and O–H groups in total. The fourth-order valence-electron chi connectivity index (χ4n) is 2.47. The molecule has 1 amide bonds. The van der Waals surface area contributed by atoms with Crippen LogP contribution in [0.3, 0.4) is 0 Å². The van der Waals surface area contributed by atoms with Crippen molar-refractivity contribution < 1.29 is 19.0 Å². The van der Waals surface area contributed by atoms with Gasteiger partial charge in [-0.3, -0.25) is 4.79 Å². The number of halogens is 1. The molecular weight excluding hydrogens is 335 g/mol. The van der Waals surface area contributed by atoms with Gasteiger partial charge in [0.1, 0.15) is 23.0 Å². The Bertz CT molecular complexity index is 909. The Hall–Kier alpha value is -3.25. The lowest BCUT2D eigenvalue weighted by Gasteiger charge is -2.09. The van der Waals surface area contributed by atoms with E-state index in [1.807, 2.05) is 0 Å². The highest BCUT2D eigenvalue weighted by molar-refractivity contribution is 5.91. The Labute approximate surface area is 149 Å². The summed E-state index contributed by atoms with van der Waals surface area (Å²) in [7, 11) is 0. The smallest absolute Gasteiger partial charge is 0.267 e. The predicted molar refractivity (Wildman–Crippen MR) is 95.5 cm³/mol. The van der Waals surface area contributed by atoms with E-state index >= 15 is 0 Å². The Kier molecular flexibility index (Phi) is 5.24. The standard InChI is InChI=1S/C20H17FN2O3/c21-15-3-7-17(8-4-15)26-16-5-1-14(2-6-16)18-11-13(9-10-24)12-19(23-18)20(22)25/h1-8,11-12,24H,9-10H2,(H2,22,25). The Morgan fingerprint density at radius 3 is 2.23 bits per heavy atom. The number of ether oxygens (including phenoxy) is 1. The number of amides is 1. The average molecular weight is 352 g/mol. The van der Waals surface area contributed by atoms with Crippen LogP contribution in [0.25, 0.3) is 11.3 Å². The van der Waals surface area contributed by atoms with E-state index < -0.39 is 5.91 Å². The highest BCUT2D eigenvalue weighted by Gasteiger charge is 2.09. The fraction of sp³-hybridized carbons (Fsp3) is 0.100. The van der Waals surface area contributed by atoms with Crippen LogP contribution in [-0.4, -0.2) is 22.6 Å². The molecule has 0 saturated carbocycles. The van der Waals surface area contributed by atoms with E-state index in [-0.39, 0.29) is 18.1 Å². The molecule has 132 valence electrons. The summed E-state index contributed by atoms with van der Waals surface area (Å²) in [6.07, 6.45) is 0.404. The lowest BCUT2D eigenvalue weighted by molar-refractivity contribution is 0.0995. The maximum Gasteiger partial charge on any atom is 0.267 e. The molecule has 3 rings (SSSR count). The third kappa shape index (κ3) is 4.23. The lowest BCUT2D eigenvalue weighted by Crippen LogP contribution is -2.14. The number of aliphatic hydroxyl groups excluding tert-OH is 1. The highest BCUT2D eigenvalue weighted by Crippen LogP contribution is 2.26. The van der Waals surface area contributed by atoms with E-state index in [0.29, 0.717) is 23.6 Å². The van der Waals surface area contributed by atoms with Gasteiger partial charge in [-0.2, -0.15) is 0 Å². The van der Waals surface area contributed by atoms with Crippen LogP contribution in [0.15, 0.2) is 60.7 Å². The zero-order valence-corrected chi connectivity index (χ0v) is 13.9. The minimum Gasteiger partial charge on any atom is -0.457 e. The van der Waals surface area contributed by atoms with Gasteiger partial charge in [0.25, 0.3) is 5.91 Å². The van der Waals surface area contributed by atoms with Crippen LogP contribution in [0.1, 0.15) is 16.1 Å². The van der Waals surface area contributed by atoms with E-state index in [1.54, 1.807) is 48.5 Å². The number of aliphatic hydroxyl groups is 1. The van der Waals surface area contributed by atoms with E-state index in [9.17, 15) is 9.18 Å². The summed E-state index contributed by atoms with van der Waals surface area (Å²) in [5.41, 5.74) is 7.62. The third-order valence-corrected chi connectivity index (χ3v) is 3.74. The molecule has 5 nitrogen and oxygen atoms in total. The monoisotopic (exact) mass is 352 g/mol. The summed E-state index contributed by atoms with van der Waals surface area (Å²) in [4.78, 5) is 15.7.